The van der Waals surface area contributed by atoms with Gasteiger partial charge in [0.1, 0.15) is 18.8 Å². The summed E-state index contributed by atoms with van der Waals surface area (Å²) in [5, 5.41) is 26.4. The van der Waals surface area contributed by atoms with Crippen LogP contribution in [0.3, 0.4) is 0 Å². The summed E-state index contributed by atoms with van der Waals surface area (Å²) >= 11 is 1.12. The first-order valence-corrected chi connectivity index (χ1v) is 7.36. The van der Waals surface area contributed by atoms with Crippen molar-refractivity contribution in [1.82, 2.24) is 14.9 Å². The Morgan fingerprint density at radius 2 is 2.48 bits per heavy atom. The lowest BCUT2D eigenvalue weighted by Crippen LogP contribution is -2.37. The molecule has 1 aromatic heterocycles. The van der Waals surface area contributed by atoms with Crippen LogP contribution in [0.1, 0.15) is 6.42 Å². The van der Waals surface area contributed by atoms with Crippen molar-refractivity contribution in [2.24, 2.45) is 0 Å². The molecule has 1 aliphatic rings. The monoisotopic (exact) mass is 340 g/mol. The molecule has 0 unspecified atom stereocenters. The second-order valence-corrected chi connectivity index (χ2v) is 5.79. The van der Waals surface area contributed by atoms with Crippen molar-refractivity contribution < 1.29 is 24.0 Å². The number of nitrogens with zero attached hydrogens (tertiary/aromatic N) is 3. The zero-order valence-electron chi connectivity index (χ0n) is 11.9. The normalized spacial score (nSPS) is 18.3. The van der Waals surface area contributed by atoms with E-state index in [0.717, 1.165) is 11.8 Å². The van der Waals surface area contributed by atoms with Crippen LogP contribution in [-0.4, -0.2) is 49.9 Å². The Balaban J connectivity index is 2.27. The van der Waals surface area contributed by atoms with Gasteiger partial charge >= 0.3 is 13.1 Å². The lowest BCUT2D eigenvalue weighted by atomic mass is 9.77. The van der Waals surface area contributed by atoms with Gasteiger partial charge in [-0.25, -0.2) is 13.9 Å². The number of alkyl halides is 1. The molecule has 0 bridgehead atoms. The quantitative estimate of drug-likeness (QED) is 0.384. The molecule has 1 atom stereocenters. The minimum absolute atomic E-state index is 0.0687. The molecule has 0 saturated heterocycles. The van der Waals surface area contributed by atoms with Gasteiger partial charge in [0.05, 0.1) is 10.7 Å². The van der Waals surface area contributed by atoms with E-state index >= 15 is 0 Å². The number of allylic oxidation sites excluding steroid dienone is 3. The number of rotatable bonds is 6. The fourth-order valence-electron chi connectivity index (χ4n) is 1.93. The van der Waals surface area contributed by atoms with Crippen LogP contribution >= 0.6 is 11.8 Å². The fraction of sp³-hybridized carbons (Fsp3) is 0.250. The lowest BCUT2D eigenvalue weighted by molar-refractivity contribution is -0.132. The third-order valence-electron chi connectivity index (χ3n) is 3.01. The molecule has 23 heavy (non-hydrogen) atoms. The van der Waals surface area contributed by atoms with Crippen LogP contribution in [0.15, 0.2) is 47.1 Å². The standard InChI is InChI=1S/C12H14BFN4O4S/c1-7(11(19)20)10-8(3-2-4-14)5-9(13(21)22-10)23-12-17-16-6-18(12)15/h2-3,6,9,21H,1,4-5,15H2,(H,19,20)/b3-2-/t9-/m0/s1. The van der Waals surface area contributed by atoms with Crippen LogP contribution in [0.2, 0.25) is 0 Å². The Bertz CT molecular complexity index is 678. The SMILES string of the molecule is C=C(C(=O)O)C1=C(/C=C\CF)C[C@H](Sc2nncn2N)B(O)O1. The summed E-state index contributed by atoms with van der Waals surface area (Å²) in [6.45, 7) is 2.70. The van der Waals surface area contributed by atoms with E-state index in [-0.39, 0.29) is 17.8 Å². The fourth-order valence-corrected chi connectivity index (χ4v) is 2.90. The predicted molar refractivity (Wildman–Crippen MR) is 82.4 cm³/mol. The zero-order chi connectivity index (χ0) is 17.0. The first-order valence-electron chi connectivity index (χ1n) is 6.48. The molecule has 1 aromatic rings. The zero-order valence-corrected chi connectivity index (χ0v) is 12.7. The van der Waals surface area contributed by atoms with Gasteiger partial charge in [-0.05, 0) is 12.0 Å². The topological polar surface area (TPSA) is 123 Å². The molecule has 0 saturated carbocycles. The largest absolute Gasteiger partial charge is 0.537 e. The van der Waals surface area contributed by atoms with Gasteiger partial charge in [0, 0.05) is 0 Å². The number of hydrogen-bond donors (Lipinski definition) is 3. The van der Waals surface area contributed by atoms with E-state index in [1.807, 2.05) is 0 Å². The summed E-state index contributed by atoms with van der Waals surface area (Å²) in [4.78, 5) is 11.1. The number of hydrogen-bond acceptors (Lipinski definition) is 7. The van der Waals surface area contributed by atoms with Crippen molar-refractivity contribution in [3.63, 3.8) is 0 Å². The summed E-state index contributed by atoms with van der Waals surface area (Å²) in [7, 11) is -1.30. The molecule has 1 aliphatic heterocycles. The summed E-state index contributed by atoms with van der Waals surface area (Å²) in [6, 6.07) is 0. The van der Waals surface area contributed by atoms with E-state index < -0.39 is 24.9 Å². The van der Waals surface area contributed by atoms with E-state index in [2.05, 4.69) is 16.8 Å². The Morgan fingerprint density at radius 1 is 1.74 bits per heavy atom. The molecule has 0 radical (unpaired) electrons. The molecule has 11 heteroatoms. The van der Waals surface area contributed by atoms with Crippen LogP contribution in [0.4, 0.5) is 4.39 Å². The maximum atomic E-state index is 12.4. The van der Waals surface area contributed by atoms with Crippen molar-refractivity contribution in [2.75, 3.05) is 12.5 Å². The smallest absolute Gasteiger partial charge is 0.535 e. The van der Waals surface area contributed by atoms with Crippen molar-refractivity contribution >= 4 is 24.8 Å². The van der Waals surface area contributed by atoms with Crippen LogP contribution in [0, 0.1) is 0 Å². The number of nitrogen functional groups attached to an aromatic ring is 1. The number of aromatic nitrogens is 3. The Hall–Kier alpha value is -2.27. The Morgan fingerprint density at radius 3 is 3.04 bits per heavy atom. The molecule has 2 heterocycles. The molecule has 0 aromatic carbocycles. The minimum Gasteiger partial charge on any atom is -0.535 e. The van der Waals surface area contributed by atoms with E-state index in [0.29, 0.717) is 10.7 Å². The summed E-state index contributed by atoms with van der Waals surface area (Å²) in [5.41, 5.74) is 0.105. The molecule has 0 amide bonds. The van der Waals surface area contributed by atoms with E-state index in [9.17, 15) is 14.2 Å². The van der Waals surface area contributed by atoms with Gasteiger partial charge in [0.2, 0.25) is 5.16 Å². The van der Waals surface area contributed by atoms with Crippen molar-refractivity contribution in [2.45, 2.75) is 16.7 Å². The van der Waals surface area contributed by atoms with Crippen LogP contribution in [-0.2, 0) is 9.45 Å². The molecule has 8 nitrogen and oxygen atoms in total. The van der Waals surface area contributed by atoms with Gasteiger partial charge < -0.3 is 20.6 Å². The second-order valence-electron chi connectivity index (χ2n) is 4.58. The number of nitrogens with two attached hydrogens (primary N) is 1. The van der Waals surface area contributed by atoms with E-state index in [4.69, 9.17) is 15.6 Å². The van der Waals surface area contributed by atoms with E-state index in [1.165, 1.54) is 23.2 Å². The summed E-state index contributed by atoms with van der Waals surface area (Å²) in [6.07, 6.45) is 4.15. The molecule has 0 spiro atoms. The first kappa shape index (κ1) is 17.1. The highest BCUT2D eigenvalue weighted by Gasteiger charge is 2.38. The van der Waals surface area contributed by atoms with Crippen molar-refractivity contribution in [3.8, 4) is 0 Å². The average Bonchev–Trinajstić information content (AvgIpc) is 2.91. The lowest BCUT2D eigenvalue weighted by Gasteiger charge is -2.28. The average molecular weight is 340 g/mol. The van der Waals surface area contributed by atoms with Crippen LogP contribution < -0.4 is 5.84 Å². The van der Waals surface area contributed by atoms with Crippen LogP contribution in [0.5, 0.6) is 0 Å². The maximum absolute atomic E-state index is 12.4. The molecular formula is C12H14BFN4O4S. The Kier molecular flexibility index (Phi) is 5.45. The highest BCUT2D eigenvalue weighted by atomic mass is 32.2. The number of aliphatic carboxylic acids is 1. The van der Waals surface area contributed by atoms with Crippen molar-refractivity contribution in [3.05, 3.63) is 42.0 Å². The van der Waals surface area contributed by atoms with Crippen molar-refractivity contribution in [1.29, 1.82) is 0 Å². The van der Waals surface area contributed by atoms with Gasteiger partial charge in [-0.1, -0.05) is 30.5 Å². The molecule has 4 N–H and O–H groups in total. The molecular weight excluding hydrogens is 326 g/mol. The van der Waals surface area contributed by atoms with Gasteiger partial charge in [0.15, 0.2) is 0 Å². The number of carboxylic acid groups (broad SMARTS) is 1. The molecule has 0 fully saturated rings. The summed E-state index contributed by atoms with van der Waals surface area (Å²) in [5.74, 6) is 4.26. The number of carbonyl (C=O) groups is 1. The van der Waals surface area contributed by atoms with Gasteiger partial charge in [-0.2, -0.15) is 0 Å². The third-order valence-corrected chi connectivity index (χ3v) is 4.21. The highest BCUT2D eigenvalue weighted by Crippen LogP contribution is 2.35. The number of thioether (sulfide) groups is 1. The van der Waals surface area contributed by atoms with E-state index in [1.54, 1.807) is 0 Å². The first-order chi connectivity index (χ1) is 10.9. The number of halogens is 1. The molecule has 2 rings (SSSR count). The highest BCUT2D eigenvalue weighted by molar-refractivity contribution is 8.01. The van der Waals surface area contributed by atoms with Gasteiger partial charge in [-0.15, -0.1) is 10.2 Å². The summed E-state index contributed by atoms with van der Waals surface area (Å²) < 4.78 is 18.9. The predicted octanol–water partition coefficient (Wildman–Crippen LogP) is 0.313. The molecule has 0 aliphatic carbocycles. The van der Waals surface area contributed by atoms with Gasteiger partial charge in [0.25, 0.3) is 0 Å². The molecule has 122 valence electrons. The Labute approximate surface area is 135 Å². The minimum atomic E-state index is -1.30. The van der Waals surface area contributed by atoms with Gasteiger partial charge in [-0.3, -0.25) is 0 Å². The van der Waals surface area contributed by atoms with Crippen LogP contribution in [0.25, 0.3) is 0 Å². The number of carboxylic acids is 1. The second kappa shape index (κ2) is 7.33. The third kappa shape index (κ3) is 3.93. The maximum Gasteiger partial charge on any atom is 0.537 e.